The van der Waals surface area contributed by atoms with Crippen LogP contribution in [0.25, 0.3) is 0 Å². The van der Waals surface area contributed by atoms with E-state index >= 15 is 0 Å². The van der Waals surface area contributed by atoms with Gasteiger partial charge < -0.3 is 4.74 Å². The first-order valence-electron chi connectivity index (χ1n) is 7.80. The summed E-state index contributed by atoms with van der Waals surface area (Å²) in [6.07, 6.45) is 0. The van der Waals surface area contributed by atoms with Gasteiger partial charge in [0.2, 0.25) is 10.1 Å². The van der Waals surface area contributed by atoms with Gasteiger partial charge >= 0.3 is 0 Å². The fraction of sp³-hybridized carbons (Fsp3) is 0.667. The molecule has 0 aliphatic carbocycles. The van der Waals surface area contributed by atoms with E-state index in [9.17, 15) is 9.59 Å². The van der Waals surface area contributed by atoms with E-state index in [1.807, 2.05) is 27.7 Å². The Labute approximate surface area is 154 Å². The monoisotopic (exact) mass is 383 g/mol. The van der Waals surface area contributed by atoms with Gasteiger partial charge in [0.05, 0.1) is 5.70 Å². The highest BCUT2D eigenvalue weighted by Gasteiger charge is 2.66. The van der Waals surface area contributed by atoms with Gasteiger partial charge in [0, 0.05) is 25.3 Å². The Kier molecular flexibility index (Phi) is 4.49. The van der Waals surface area contributed by atoms with Gasteiger partial charge in [-0.15, -0.1) is 16.9 Å². The minimum Gasteiger partial charge on any atom is -0.356 e. The number of methoxy groups -OCH3 is 1. The smallest absolute Gasteiger partial charge is 0.274 e. The highest BCUT2D eigenvalue weighted by atomic mass is 32.2. The average molecular weight is 383 g/mol. The molecule has 0 radical (unpaired) electrons. The summed E-state index contributed by atoms with van der Waals surface area (Å²) in [5, 5.41) is 11.5. The maximum atomic E-state index is 13.1. The molecule has 0 saturated carbocycles. The Morgan fingerprint density at radius 2 is 2.12 bits per heavy atom. The number of carbonyl (C=O) groups excluding carboxylic acids is 2. The molecule has 3 heterocycles. The molecule has 2 aliphatic rings. The lowest BCUT2D eigenvalue weighted by atomic mass is 9.86. The predicted molar refractivity (Wildman–Crippen MR) is 94.6 cm³/mol. The van der Waals surface area contributed by atoms with E-state index in [4.69, 9.17) is 4.74 Å². The van der Waals surface area contributed by atoms with Gasteiger partial charge in [0.25, 0.3) is 5.91 Å². The van der Waals surface area contributed by atoms with E-state index < -0.39 is 10.3 Å². The van der Waals surface area contributed by atoms with Crippen LogP contribution in [0.3, 0.4) is 0 Å². The molecule has 2 atom stereocenters. The number of ether oxygens (including phenoxy) is 1. The Morgan fingerprint density at radius 3 is 2.64 bits per heavy atom. The third kappa shape index (κ3) is 2.70. The Balaban J connectivity index is 1.96. The fourth-order valence-corrected chi connectivity index (χ4v) is 5.44. The largest absolute Gasteiger partial charge is 0.356 e. The minimum atomic E-state index is -1.13. The van der Waals surface area contributed by atoms with Crippen LogP contribution < -0.4 is 0 Å². The Bertz CT molecular complexity index is 769. The Morgan fingerprint density at radius 1 is 1.44 bits per heavy atom. The lowest BCUT2D eigenvalue weighted by molar-refractivity contribution is -0.166. The predicted octanol–water partition coefficient (Wildman–Crippen LogP) is 1.45. The number of hydrogen-bond acceptors (Lipinski definition) is 8. The van der Waals surface area contributed by atoms with Crippen molar-refractivity contribution in [2.75, 3.05) is 12.9 Å². The van der Waals surface area contributed by atoms with E-state index in [2.05, 4.69) is 15.5 Å². The van der Waals surface area contributed by atoms with Crippen molar-refractivity contribution in [2.24, 2.45) is 12.5 Å². The zero-order valence-electron chi connectivity index (χ0n) is 15.1. The van der Waals surface area contributed by atoms with Crippen molar-refractivity contribution in [1.29, 1.82) is 0 Å². The lowest BCUT2D eigenvalue weighted by Crippen LogP contribution is -2.73. The van der Waals surface area contributed by atoms with E-state index in [1.165, 1.54) is 23.6 Å². The second-order valence-electron chi connectivity index (χ2n) is 7.11. The molecule has 10 heteroatoms. The van der Waals surface area contributed by atoms with E-state index in [0.717, 1.165) is 5.57 Å². The van der Waals surface area contributed by atoms with Crippen molar-refractivity contribution in [3.8, 4) is 0 Å². The van der Waals surface area contributed by atoms with Crippen molar-refractivity contribution >= 4 is 35.2 Å². The molecular weight excluding hydrogens is 362 g/mol. The zero-order chi connectivity index (χ0) is 18.6. The summed E-state index contributed by atoms with van der Waals surface area (Å²) in [5.41, 5.74) is 0.866. The number of tetrazole rings is 1. The number of fused-ring (bicyclic) bond motifs is 1. The number of amides is 1. The van der Waals surface area contributed by atoms with Crippen LogP contribution in [0, 0.1) is 5.41 Å². The summed E-state index contributed by atoms with van der Waals surface area (Å²) in [4.78, 5) is 26.4. The number of allylic oxidation sites excluding steroid dienone is 1. The molecule has 2 aliphatic heterocycles. The highest BCUT2D eigenvalue weighted by molar-refractivity contribution is 8.05. The average Bonchev–Trinajstić information content (AvgIpc) is 2.95. The number of β-lactam (4-membered cyclic amide) rings is 1. The maximum absolute atomic E-state index is 13.1. The normalized spacial score (nSPS) is 26.6. The topological polar surface area (TPSA) is 90.2 Å². The zero-order valence-corrected chi connectivity index (χ0v) is 16.7. The van der Waals surface area contributed by atoms with E-state index in [1.54, 1.807) is 23.7 Å². The number of hydrogen-bond donors (Lipinski definition) is 0. The first-order valence-corrected chi connectivity index (χ1v) is 9.66. The molecule has 0 N–H and O–H groups in total. The molecular formula is C15H21N5O3S2. The highest BCUT2D eigenvalue weighted by Crippen LogP contribution is 2.55. The number of aromatic nitrogens is 4. The number of nitrogens with zero attached hydrogens (tertiary/aromatic N) is 5. The van der Waals surface area contributed by atoms with Crippen LogP contribution in [0.2, 0.25) is 0 Å². The summed E-state index contributed by atoms with van der Waals surface area (Å²) in [5.74, 6) is 0.403. The Hall–Kier alpha value is -1.39. The molecule has 0 spiro atoms. The lowest BCUT2D eigenvalue weighted by Gasteiger charge is -2.56. The fourth-order valence-electron chi connectivity index (χ4n) is 2.79. The second-order valence-corrected chi connectivity index (χ2v) is 9.35. The quantitative estimate of drug-likeness (QED) is 0.570. The number of thioether (sulfide) groups is 2. The van der Waals surface area contributed by atoms with Crippen molar-refractivity contribution < 1.29 is 14.3 Å². The molecule has 8 nitrogen and oxygen atoms in total. The van der Waals surface area contributed by atoms with Crippen LogP contribution in [-0.2, 0) is 21.4 Å². The molecule has 1 fully saturated rings. The SMILES string of the molecule is COC1(Sc2nnnn2C)C(=O)N2C(C(=O)C(C)(C)C)=C(C)CS[C@@H]21. The molecule has 1 amide bonds. The van der Waals surface area contributed by atoms with Gasteiger partial charge in [-0.1, -0.05) is 20.8 Å². The molecule has 3 rings (SSSR count). The number of Topliss-reactive ketones (excluding diaryl/α,β-unsaturated/α-hetero) is 1. The molecule has 1 saturated heterocycles. The third-order valence-electron chi connectivity index (χ3n) is 4.20. The molecule has 0 bridgehead atoms. The standard InChI is InChI=1S/C15H21N5O3S2/c1-8-7-24-12-15(23-6,25-13-16-17-18-19(13)5)11(22)20(12)9(8)10(21)14(2,3)4/h12H,7H2,1-6H3/t12-,15?/m1/s1. The summed E-state index contributed by atoms with van der Waals surface area (Å²) >= 11 is 2.77. The van der Waals surface area contributed by atoms with Gasteiger partial charge in [-0.3, -0.25) is 14.5 Å². The number of aryl methyl sites for hydroxylation is 1. The van der Waals surface area contributed by atoms with Gasteiger partial charge in [-0.2, -0.15) is 0 Å². The molecule has 1 unspecified atom stereocenters. The van der Waals surface area contributed by atoms with Crippen LogP contribution in [0.4, 0.5) is 0 Å². The molecule has 0 aromatic carbocycles. The van der Waals surface area contributed by atoms with Crippen LogP contribution >= 0.6 is 23.5 Å². The van der Waals surface area contributed by atoms with Crippen LogP contribution in [0.1, 0.15) is 27.7 Å². The molecule has 1 aromatic heterocycles. The summed E-state index contributed by atoms with van der Waals surface area (Å²) in [6, 6.07) is 0. The minimum absolute atomic E-state index is 0.0290. The van der Waals surface area contributed by atoms with Crippen LogP contribution in [0.5, 0.6) is 0 Å². The maximum Gasteiger partial charge on any atom is 0.274 e. The van der Waals surface area contributed by atoms with Gasteiger partial charge in [0.1, 0.15) is 5.37 Å². The number of carbonyl (C=O) groups is 2. The van der Waals surface area contributed by atoms with Crippen molar-refractivity contribution in [2.45, 2.75) is 43.2 Å². The summed E-state index contributed by atoms with van der Waals surface area (Å²) in [6.45, 7) is 7.49. The van der Waals surface area contributed by atoms with Crippen molar-refractivity contribution in [3.63, 3.8) is 0 Å². The van der Waals surface area contributed by atoms with Crippen molar-refractivity contribution in [3.05, 3.63) is 11.3 Å². The first-order chi connectivity index (χ1) is 11.6. The van der Waals surface area contributed by atoms with Crippen LogP contribution in [-0.4, -0.2) is 60.0 Å². The van der Waals surface area contributed by atoms with Gasteiger partial charge in [0.15, 0.2) is 5.78 Å². The summed E-state index contributed by atoms with van der Waals surface area (Å²) < 4.78 is 7.14. The molecule has 1 aromatic rings. The van der Waals surface area contributed by atoms with Gasteiger partial charge in [-0.05, 0) is 34.7 Å². The number of ketones is 1. The first kappa shape index (κ1) is 18.4. The van der Waals surface area contributed by atoms with E-state index in [-0.39, 0.29) is 17.1 Å². The van der Waals surface area contributed by atoms with Crippen molar-refractivity contribution in [1.82, 2.24) is 25.1 Å². The molecule has 136 valence electrons. The third-order valence-corrected chi connectivity index (χ3v) is 7.21. The molecule has 25 heavy (non-hydrogen) atoms. The van der Waals surface area contributed by atoms with Crippen LogP contribution in [0.15, 0.2) is 16.4 Å². The van der Waals surface area contributed by atoms with E-state index in [0.29, 0.717) is 16.6 Å². The second kappa shape index (κ2) is 6.10. The van der Waals surface area contributed by atoms with Gasteiger partial charge in [-0.25, -0.2) is 4.68 Å². The summed E-state index contributed by atoms with van der Waals surface area (Å²) in [7, 11) is 3.21. The number of rotatable bonds is 4.